The molecule has 0 N–H and O–H groups in total. The van der Waals surface area contributed by atoms with E-state index in [0.29, 0.717) is 12.2 Å². The number of aromatic nitrogens is 3. The van der Waals surface area contributed by atoms with Gasteiger partial charge in [-0.05, 0) is 56.9 Å². The zero-order chi connectivity index (χ0) is 19.7. The maximum atomic E-state index is 13.0. The molecule has 0 aliphatic carbocycles. The fraction of sp³-hybridized carbons (Fsp3) is 0.429. The average Bonchev–Trinajstić information content (AvgIpc) is 3.19. The number of hydrogen-bond acceptors (Lipinski definition) is 6. The smallest absolute Gasteiger partial charge is 0.291 e. The van der Waals surface area contributed by atoms with Crippen molar-refractivity contribution in [3.63, 3.8) is 0 Å². The number of fused-ring (bicyclic) bond motifs is 1. The summed E-state index contributed by atoms with van der Waals surface area (Å²) in [5.41, 5.74) is 2.56. The Kier molecular flexibility index (Phi) is 4.98. The molecule has 0 saturated carbocycles. The number of anilines is 1. The first-order valence-corrected chi connectivity index (χ1v) is 9.71. The van der Waals surface area contributed by atoms with Crippen LogP contribution in [-0.2, 0) is 6.54 Å². The van der Waals surface area contributed by atoms with Gasteiger partial charge in [-0.1, -0.05) is 0 Å². The van der Waals surface area contributed by atoms with Crippen molar-refractivity contribution in [2.24, 2.45) is 0 Å². The van der Waals surface area contributed by atoms with Crippen LogP contribution < -0.4 is 4.90 Å². The predicted molar refractivity (Wildman–Crippen MR) is 107 cm³/mol. The second-order valence-corrected chi connectivity index (χ2v) is 7.44. The van der Waals surface area contributed by atoms with E-state index < -0.39 is 0 Å². The summed E-state index contributed by atoms with van der Waals surface area (Å²) in [6, 6.07) is 5.70. The zero-order valence-corrected chi connectivity index (χ0v) is 16.6. The number of rotatable bonds is 4. The molecular weight excluding hydrogens is 354 g/mol. The van der Waals surface area contributed by atoms with Gasteiger partial charge < -0.3 is 14.2 Å². The molecule has 3 aromatic heterocycles. The highest BCUT2D eigenvalue weighted by Crippen LogP contribution is 2.29. The molecule has 4 rings (SSSR count). The minimum Gasteiger partial charge on any atom is -0.467 e. The van der Waals surface area contributed by atoms with Crippen molar-refractivity contribution >= 4 is 22.8 Å². The van der Waals surface area contributed by atoms with E-state index in [2.05, 4.69) is 21.8 Å². The lowest BCUT2D eigenvalue weighted by Crippen LogP contribution is -2.33. The number of piperidine rings is 1. The van der Waals surface area contributed by atoms with Crippen LogP contribution in [0.4, 0.5) is 5.82 Å². The molecule has 0 aromatic carbocycles. The van der Waals surface area contributed by atoms with Crippen LogP contribution in [0.2, 0.25) is 0 Å². The zero-order valence-electron chi connectivity index (χ0n) is 16.6. The van der Waals surface area contributed by atoms with Gasteiger partial charge in [0.05, 0.1) is 18.2 Å². The molecule has 146 valence electrons. The molecule has 1 aliphatic rings. The lowest BCUT2D eigenvalue weighted by Gasteiger charge is -2.29. The van der Waals surface area contributed by atoms with E-state index in [4.69, 9.17) is 9.40 Å². The van der Waals surface area contributed by atoms with Crippen molar-refractivity contribution in [3.8, 4) is 0 Å². The highest BCUT2D eigenvalue weighted by Gasteiger charge is 2.23. The lowest BCUT2D eigenvalue weighted by molar-refractivity contribution is 0.0763. The van der Waals surface area contributed by atoms with E-state index in [9.17, 15) is 4.79 Å². The van der Waals surface area contributed by atoms with Gasteiger partial charge in [-0.25, -0.2) is 15.0 Å². The summed E-state index contributed by atoms with van der Waals surface area (Å²) in [5.74, 6) is 1.49. The van der Waals surface area contributed by atoms with Crippen molar-refractivity contribution < 1.29 is 9.21 Å². The SMILES string of the molecule is Cc1cc(C)c2c(N3CCCCC3)nc(C(=O)N(C)Cc3ccco3)nc2n1. The van der Waals surface area contributed by atoms with Crippen LogP contribution in [0.5, 0.6) is 0 Å². The summed E-state index contributed by atoms with van der Waals surface area (Å²) < 4.78 is 5.36. The van der Waals surface area contributed by atoms with Gasteiger partial charge in [-0.3, -0.25) is 4.79 Å². The van der Waals surface area contributed by atoms with Gasteiger partial charge in [0.15, 0.2) is 5.65 Å². The van der Waals surface area contributed by atoms with E-state index in [1.54, 1.807) is 18.2 Å². The highest BCUT2D eigenvalue weighted by atomic mass is 16.3. The lowest BCUT2D eigenvalue weighted by atomic mass is 10.1. The van der Waals surface area contributed by atoms with Gasteiger partial charge in [0, 0.05) is 25.8 Å². The third-order valence-corrected chi connectivity index (χ3v) is 5.14. The standard InChI is InChI=1S/C21H25N5O2/c1-14-12-15(2)22-18-17(14)20(26-9-5-4-6-10-26)24-19(23-18)21(27)25(3)13-16-8-7-11-28-16/h7-8,11-12H,4-6,9-10,13H2,1-3H3. The van der Waals surface area contributed by atoms with Crippen LogP contribution in [0.3, 0.4) is 0 Å². The van der Waals surface area contributed by atoms with E-state index in [1.165, 1.54) is 6.42 Å². The number of carbonyl (C=O) groups is 1. The Hall–Kier alpha value is -2.96. The van der Waals surface area contributed by atoms with Crippen LogP contribution in [0.15, 0.2) is 28.9 Å². The number of aryl methyl sites for hydroxylation is 2. The van der Waals surface area contributed by atoms with Gasteiger partial charge in [0.2, 0.25) is 5.82 Å². The molecule has 0 spiro atoms. The van der Waals surface area contributed by atoms with E-state index in [0.717, 1.165) is 54.2 Å². The predicted octanol–water partition coefficient (Wildman–Crippen LogP) is 3.50. The van der Waals surface area contributed by atoms with Crippen LogP contribution in [0.25, 0.3) is 11.0 Å². The molecule has 3 aromatic rings. The van der Waals surface area contributed by atoms with Crippen molar-refractivity contribution in [1.29, 1.82) is 0 Å². The van der Waals surface area contributed by atoms with Crippen molar-refractivity contribution in [1.82, 2.24) is 19.9 Å². The molecule has 7 heteroatoms. The Bertz CT molecular complexity index is 994. The second-order valence-electron chi connectivity index (χ2n) is 7.44. The van der Waals surface area contributed by atoms with Gasteiger partial charge >= 0.3 is 0 Å². The van der Waals surface area contributed by atoms with E-state index in [1.807, 2.05) is 25.1 Å². The fourth-order valence-electron chi connectivity index (χ4n) is 3.76. The van der Waals surface area contributed by atoms with E-state index in [-0.39, 0.29) is 11.7 Å². The number of pyridine rings is 1. The third kappa shape index (κ3) is 3.56. The quantitative estimate of drug-likeness (QED) is 0.691. The largest absolute Gasteiger partial charge is 0.467 e. The third-order valence-electron chi connectivity index (χ3n) is 5.14. The number of carbonyl (C=O) groups excluding carboxylic acids is 1. The number of hydrogen-bond donors (Lipinski definition) is 0. The number of nitrogens with zero attached hydrogens (tertiary/aromatic N) is 5. The minimum atomic E-state index is -0.238. The molecule has 1 saturated heterocycles. The van der Waals surface area contributed by atoms with E-state index >= 15 is 0 Å². The minimum absolute atomic E-state index is 0.180. The summed E-state index contributed by atoms with van der Waals surface area (Å²) in [6.07, 6.45) is 5.09. The maximum Gasteiger partial charge on any atom is 0.291 e. The summed E-state index contributed by atoms with van der Waals surface area (Å²) in [6.45, 7) is 6.25. The molecule has 4 heterocycles. The van der Waals surface area contributed by atoms with Crippen LogP contribution in [-0.4, -0.2) is 45.9 Å². The van der Waals surface area contributed by atoms with Crippen LogP contribution >= 0.6 is 0 Å². The first-order valence-electron chi connectivity index (χ1n) is 9.71. The summed E-state index contributed by atoms with van der Waals surface area (Å²) >= 11 is 0. The Morgan fingerprint density at radius 2 is 1.96 bits per heavy atom. The summed E-state index contributed by atoms with van der Waals surface area (Å²) in [5, 5.41) is 0.942. The molecule has 1 amide bonds. The maximum absolute atomic E-state index is 13.0. The molecule has 0 unspecified atom stereocenters. The normalized spacial score (nSPS) is 14.5. The molecule has 1 aliphatic heterocycles. The molecule has 28 heavy (non-hydrogen) atoms. The summed E-state index contributed by atoms with van der Waals surface area (Å²) in [7, 11) is 1.73. The molecule has 0 bridgehead atoms. The van der Waals surface area contributed by atoms with Gasteiger partial charge in [0.25, 0.3) is 5.91 Å². The number of amides is 1. The van der Waals surface area contributed by atoms with Crippen LogP contribution in [0.1, 0.15) is 46.9 Å². The van der Waals surface area contributed by atoms with Gasteiger partial charge in [-0.15, -0.1) is 0 Å². The Balaban J connectivity index is 1.76. The second kappa shape index (κ2) is 7.58. The Labute approximate surface area is 164 Å². The first-order chi connectivity index (χ1) is 13.5. The average molecular weight is 379 g/mol. The van der Waals surface area contributed by atoms with Gasteiger partial charge in [-0.2, -0.15) is 0 Å². The topological polar surface area (TPSA) is 75.4 Å². The first kappa shape index (κ1) is 18.4. The van der Waals surface area contributed by atoms with Crippen molar-refractivity contribution in [2.75, 3.05) is 25.0 Å². The highest BCUT2D eigenvalue weighted by molar-refractivity contribution is 5.96. The van der Waals surface area contributed by atoms with Crippen LogP contribution in [0, 0.1) is 13.8 Å². The van der Waals surface area contributed by atoms with Gasteiger partial charge in [0.1, 0.15) is 11.6 Å². The fourth-order valence-corrected chi connectivity index (χ4v) is 3.76. The monoisotopic (exact) mass is 379 g/mol. The molecule has 1 fully saturated rings. The molecule has 0 radical (unpaired) electrons. The number of furan rings is 1. The molecular formula is C21H25N5O2. The Morgan fingerprint density at radius 1 is 1.18 bits per heavy atom. The van der Waals surface area contributed by atoms with Crippen molar-refractivity contribution in [2.45, 2.75) is 39.7 Å². The summed E-state index contributed by atoms with van der Waals surface area (Å²) in [4.78, 5) is 30.7. The Morgan fingerprint density at radius 3 is 2.68 bits per heavy atom. The van der Waals surface area contributed by atoms with Crippen molar-refractivity contribution in [3.05, 3.63) is 47.3 Å². The molecule has 0 atom stereocenters. The molecule has 7 nitrogen and oxygen atoms in total.